The Labute approximate surface area is 305 Å². The second-order valence-electron chi connectivity index (χ2n) is 13.4. The molecule has 0 aliphatic heterocycles. The molecule has 0 unspecified atom stereocenters. The van der Waals surface area contributed by atoms with Crippen LogP contribution in [0.2, 0.25) is 0 Å². The summed E-state index contributed by atoms with van der Waals surface area (Å²) in [7, 11) is 0. The fourth-order valence-electron chi connectivity index (χ4n) is 7.54. The largest absolute Gasteiger partial charge is 0.494 e. The smallest absolute Gasteiger partial charge is 0.188 e. The summed E-state index contributed by atoms with van der Waals surface area (Å²) in [5.74, 6) is 0.914. The van der Waals surface area contributed by atoms with E-state index in [4.69, 9.17) is 14.5 Å². The third-order valence-electron chi connectivity index (χ3n) is 9.68. The van der Waals surface area contributed by atoms with Gasteiger partial charge in [-0.25, -0.2) is 9.37 Å². The van der Waals surface area contributed by atoms with Crippen LogP contribution in [0.25, 0.3) is 0 Å². The van der Waals surface area contributed by atoms with E-state index in [9.17, 15) is 5.26 Å². The second kappa shape index (κ2) is 15.2. The molecule has 0 spiro atoms. The molecule has 7 rings (SSSR count). The molecule has 6 nitrogen and oxygen atoms in total. The number of benzene rings is 5. The van der Waals surface area contributed by atoms with Crippen LogP contribution in [0.1, 0.15) is 73.1 Å². The van der Waals surface area contributed by atoms with Crippen LogP contribution in [-0.2, 0) is 24.9 Å². The summed E-state index contributed by atoms with van der Waals surface area (Å²) in [6.07, 6.45) is 3.58. The molecule has 1 aliphatic carbocycles. The van der Waals surface area contributed by atoms with E-state index in [1.165, 1.54) is 5.69 Å². The van der Waals surface area contributed by atoms with E-state index in [1.807, 2.05) is 56.0 Å². The fraction of sp³-hybridized carbons (Fsp3) is 0.244. The second-order valence-corrected chi connectivity index (χ2v) is 13.4. The number of ether oxygens (including phenoxy) is 2. The highest BCUT2D eigenvalue weighted by atomic mass is 19.1. The number of nitriles is 1. The van der Waals surface area contributed by atoms with Crippen molar-refractivity contribution in [3.05, 3.63) is 173 Å². The lowest BCUT2D eigenvalue weighted by Crippen LogP contribution is -2.41. The quantitative estimate of drug-likeness (QED) is 0.120. The Morgan fingerprint density at radius 2 is 1.40 bits per heavy atom. The zero-order chi connectivity index (χ0) is 36.1. The maximum Gasteiger partial charge on any atom is 0.188 e. The molecule has 0 atom stereocenters. The first-order valence-electron chi connectivity index (χ1n) is 18.1. The van der Waals surface area contributed by atoms with Crippen LogP contribution in [-0.4, -0.2) is 22.3 Å². The maximum atomic E-state index is 16.9. The van der Waals surface area contributed by atoms with E-state index in [2.05, 4.69) is 83.4 Å². The molecule has 1 aromatic heterocycles. The summed E-state index contributed by atoms with van der Waals surface area (Å²) in [6, 6.07) is 44.7. The maximum absolute atomic E-state index is 16.9. The monoisotopic (exact) mass is 690 g/mol. The molecule has 0 N–H and O–H groups in total. The van der Waals surface area contributed by atoms with E-state index in [0.717, 1.165) is 53.9 Å². The lowest BCUT2D eigenvalue weighted by atomic mass is 9.76. The van der Waals surface area contributed by atoms with Crippen LogP contribution in [0.3, 0.4) is 0 Å². The number of imidazole rings is 1. The summed E-state index contributed by atoms with van der Waals surface area (Å²) in [5.41, 5.74) is 6.27. The lowest BCUT2D eigenvalue weighted by molar-refractivity contribution is 0.229. The molecule has 262 valence electrons. The molecule has 0 saturated carbocycles. The molecule has 5 aromatic carbocycles. The zero-order valence-corrected chi connectivity index (χ0v) is 29.9. The molecule has 7 heteroatoms. The molecule has 0 fully saturated rings. The van der Waals surface area contributed by atoms with Crippen LogP contribution < -0.4 is 14.4 Å². The Hall–Kier alpha value is -5.87. The van der Waals surface area contributed by atoms with Crippen LogP contribution in [0.15, 0.2) is 127 Å². The van der Waals surface area contributed by atoms with Crippen molar-refractivity contribution >= 4 is 11.4 Å². The van der Waals surface area contributed by atoms with Crippen molar-refractivity contribution in [2.24, 2.45) is 0 Å². The molecular formula is C45H43FN4O2. The van der Waals surface area contributed by atoms with E-state index in [0.29, 0.717) is 29.3 Å². The van der Waals surface area contributed by atoms with Gasteiger partial charge in [0.2, 0.25) is 0 Å². The number of aromatic nitrogens is 2. The number of fused-ring (bicyclic) bond motifs is 1. The minimum atomic E-state index is -0.801. The van der Waals surface area contributed by atoms with E-state index >= 15 is 4.39 Å². The third-order valence-corrected chi connectivity index (χ3v) is 9.68. The number of hydrogen-bond donors (Lipinski definition) is 0. The normalized spacial score (nSPS) is 12.6. The average molecular weight is 691 g/mol. The SMILES string of the molecule is CCOc1cc(OC(C)C)c(F)c(N(Cc2nc3c(n2C(c2ccccc2)(c2ccccc2)c2ccccc2)CCCC3)c2ccc(C#N)cc2)c1. The van der Waals surface area contributed by atoms with E-state index in [1.54, 1.807) is 24.3 Å². The lowest BCUT2D eigenvalue weighted by Gasteiger charge is -2.41. The number of nitrogens with zero attached hydrogens (tertiary/aromatic N) is 4. The van der Waals surface area contributed by atoms with E-state index < -0.39 is 11.4 Å². The predicted molar refractivity (Wildman–Crippen MR) is 204 cm³/mol. The van der Waals surface area contributed by atoms with Gasteiger partial charge in [-0.1, -0.05) is 91.0 Å². The zero-order valence-electron chi connectivity index (χ0n) is 29.9. The standard InChI is InChI=1S/C45H43FN4O2/c1-4-51-38-28-41(44(46)42(29-38)52-32(2)3)49(37-26-24-33(30-47)25-27-37)31-43-48-39-22-14-15-23-40(39)50(43)45(34-16-8-5-9-17-34,35-18-10-6-11-19-35)36-20-12-7-13-21-36/h5-13,16-21,24-29,32H,4,14-15,22-23,31H2,1-3H3. The Morgan fingerprint density at radius 3 is 1.94 bits per heavy atom. The van der Waals surface area contributed by atoms with E-state index in [-0.39, 0.29) is 18.4 Å². The van der Waals surface area contributed by atoms with Gasteiger partial charge in [0.15, 0.2) is 11.6 Å². The highest BCUT2D eigenvalue weighted by Crippen LogP contribution is 2.45. The van der Waals surface area contributed by atoms with Gasteiger partial charge in [0.05, 0.1) is 42.3 Å². The van der Waals surface area contributed by atoms with Crippen molar-refractivity contribution in [3.63, 3.8) is 0 Å². The van der Waals surface area contributed by atoms with Crippen LogP contribution in [0.4, 0.5) is 15.8 Å². The van der Waals surface area contributed by atoms with Gasteiger partial charge in [0, 0.05) is 23.5 Å². The number of aryl methyl sites for hydroxylation is 1. The van der Waals surface area contributed by atoms with Gasteiger partial charge >= 0.3 is 0 Å². The van der Waals surface area contributed by atoms with Gasteiger partial charge < -0.3 is 18.9 Å². The Kier molecular flexibility index (Phi) is 10.1. The number of hydrogen-bond acceptors (Lipinski definition) is 5. The molecule has 52 heavy (non-hydrogen) atoms. The van der Waals surface area contributed by atoms with Gasteiger partial charge in [-0.15, -0.1) is 0 Å². The van der Waals surface area contributed by atoms with Gasteiger partial charge in [-0.2, -0.15) is 5.26 Å². The average Bonchev–Trinajstić information content (AvgIpc) is 3.55. The van der Waals surface area contributed by atoms with Crippen molar-refractivity contribution in [2.45, 2.75) is 64.6 Å². The molecule has 6 aromatic rings. The molecular weight excluding hydrogens is 648 g/mol. The summed E-state index contributed by atoms with van der Waals surface area (Å²) < 4.78 is 31.3. The highest BCUT2D eigenvalue weighted by Gasteiger charge is 2.43. The molecule has 0 saturated heterocycles. The molecule has 1 heterocycles. The van der Waals surface area contributed by atoms with Crippen molar-refractivity contribution < 1.29 is 13.9 Å². The van der Waals surface area contributed by atoms with Crippen molar-refractivity contribution in [2.75, 3.05) is 11.5 Å². The third kappa shape index (κ3) is 6.53. The molecule has 0 radical (unpaired) electrons. The fourth-order valence-corrected chi connectivity index (χ4v) is 7.54. The minimum Gasteiger partial charge on any atom is -0.494 e. The Balaban J connectivity index is 1.54. The molecule has 0 amide bonds. The first-order valence-corrected chi connectivity index (χ1v) is 18.1. The predicted octanol–water partition coefficient (Wildman–Crippen LogP) is 10.1. The van der Waals surface area contributed by atoms with Crippen molar-refractivity contribution in [3.8, 4) is 17.6 Å². The minimum absolute atomic E-state index is 0.115. The molecule has 1 aliphatic rings. The van der Waals surface area contributed by atoms with Gasteiger partial charge in [0.25, 0.3) is 0 Å². The first-order chi connectivity index (χ1) is 25.4. The van der Waals surface area contributed by atoms with Crippen molar-refractivity contribution in [1.29, 1.82) is 5.26 Å². The Bertz CT molecular complexity index is 2060. The summed E-state index contributed by atoms with van der Waals surface area (Å²) >= 11 is 0. The first kappa shape index (κ1) is 34.6. The summed E-state index contributed by atoms with van der Waals surface area (Å²) in [6.45, 7) is 6.29. The number of halogens is 1. The van der Waals surface area contributed by atoms with Gasteiger partial charge in [0.1, 0.15) is 17.1 Å². The summed E-state index contributed by atoms with van der Waals surface area (Å²) in [4.78, 5) is 7.39. The highest BCUT2D eigenvalue weighted by molar-refractivity contribution is 5.68. The van der Waals surface area contributed by atoms with Gasteiger partial charge in [-0.3, -0.25) is 0 Å². The topological polar surface area (TPSA) is 63.3 Å². The molecule has 0 bridgehead atoms. The summed E-state index contributed by atoms with van der Waals surface area (Å²) in [5, 5.41) is 9.65. The van der Waals surface area contributed by atoms with Crippen LogP contribution >= 0.6 is 0 Å². The van der Waals surface area contributed by atoms with Crippen molar-refractivity contribution in [1.82, 2.24) is 9.55 Å². The number of anilines is 2. The van der Waals surface area contributed by atoms with Crippen LogP contribution in [0.5, 0.6) is 11.5 Å². The Morgan fingerprint density at radius 1 is 0.827 bits per heavy atom. The number of rotatable bonds is 12. The van der Waals surface area contributed by atoms with Crippen LogP contribution in [0, 0.1) is 17.1 Å². The van der Waals surface area contributed by atoms with Gasteiger partial charge in [-0.05, 0) is 87.4 Å².